The van der Waals surface area contributed by atoms with Crippen molar-refractivity contribution in [3.63, 3.8) is 0 Å². The third-order valence-corrected chi connectivity index (χ3v) is 4.80. The predicted octanol–water partition coefficient (Wildman–Crippen LogP) is -0.116. The molecule has 5 unspecified atom stereocenters. The van der Waals surface area contributed by atoms with Crippen LogP contribution in [0.25, 0.3) is 0 Å². The van der Waals surface area contributed by atoms with Gasteiger partial charge in [0, 0.05) is 23.7 Å². The Morgan fingerprint density at radius 2 is 2.00 bits per heavy atom. The van der Waals surface area contributed by atoms with Crippen molar-refractivity contribution < 1.29 is 14.4 Å². The number of hydrogen-bond acceptors (Lipinski definition) is 9. The molecule has 1 saturated carbocycles. The predicted molar refractivity (Wildman–Crippen MR) is 82.4 cm³/mol. The number of ether oxygens (including phenoxy) is 2. The van der Waals surface area contributed by atoms with Gasteiger partial charge in [0.15, 0.2) is 5.82 Å². The zero-order chi connectivity index (χ0) is 17.3. The number of nitrogens with one attached hydrogen (secondary N) is 1. The molecule has 1 aromatic heterocycles. The Hall–Kier alpha value is -2.59. The van der Waals surface area contributed by atoms with Crippen molar-refractivity contribution >= 4 is 11.8 Å². The summed E-state index contributed by atoms with van der Waals surface area (Å²) in [5, 5.41) is 25.4. The highest BCUT2D eigenvalue weighted by atomic mass is 16.6. The maximum absolute atomic E-state index is 11.5. The van der Waals surface area contributed by atoms with Gasteiger partial charge in [0.05, 0.1) is 26.3 Å². The molecule has 130 valence electrons. The quantitative estimate of drug-likeness (QED) is 0.599. The van der Waals surface area contributed by atoms with E-state index in [4.69, 9.17) is 9.47 Å². The maximum Gasteiger partial charge on any atom is 0.273 e. The number of aromatic nitrogens is 4. The highest BCUT2D eigenvalue weighted by molar-refractivity contribution is 6.35. The molecule has 0 aromatic carbocycles. The van der Waals surface area contributed by atoms with Gasteiger partial charge in [-0.3, -0.25) is 10.1 Å². The van der Waals surface area contributed by atoms with Crippen LogP contribution in [0, 0.1) is 22.0 Å². The van der Waals surface area contributed by atoms with Gasteiger partial charge in [-0.25, -0.2) is 9.98 Å². The molecule has 1 fully saturated rings. The maximum atomic E-state index is 11.5. The smallest absolute Gasteiger partial charge is 0.273 e. The summed E-state index contributed by atoms with van der Waals surface area (Å²) in [6.45, 7) is 1.87. The second kappa shape index (κ2) is 6.49. The molecule has 1 aliphatic carbocycles. The Morgan fingerprint density at radius 3 is 2.58 bits per heavy atom. The van der Waals surface area contributed by atoms with Gasteiger partial charge in [0.25, 0.3) is 11.8 Å². The van der Waals surface area contributed by atoms with Crippen LogP contribution in [-0.2, 0) is 15.9 Å². The highest BCUT2D eigenvalue weighted by Gasteiger charge is 2.50. The molecular formula is C13H19N7O4. The van der Waals surface area contributed by atoms with Crippen molar-refractivity contribution in [3.8, 4) is 0 Å². The first kappa shape index (κ1) is 16.3. The fraction of sp³-hybridized carbons (Fsp3) is 0.769. The van der Waals surface area contributed by atoms with E-state index in [-0.39, 0.29) is 34.7 Å². The van der Waals surface area contributed by atoms with Gasteiger partial charge in [-0.15, -0.1) is 10.2 Å². The van der Waals surface area contributed by atoms with Crippen molar-refractivity contribution in [1.29, 1.82) is 0 Å². The van der Waals surface area contributed by atoms with Crippen LogP contribution in [0.2, 0.25) is 0 Å². The first-order valence-corrected chi connectivity index (χ1v) is 7.65. The molecule has 2 aliphatic rings. The summed E-state index contributed by atoms with van der Waals surface area (Å²) in [5.74, 6) is 0.729. The Kier molecular flexibility index (Phi) is 4.40. The number of fused-ring (bicyclic) bond motifs is 1. The molecule has 11 heteroatoms. The molecule has 0 bridgehead atoms. The molecule has 3 rings (SSSR count). The van der Waals surface area contributed by atoms with Gasteiger partial charge in [-0.05, 0) is 5.92 Å². The largest absolute Gasteiger partial charge is 0.477 e. The average molecular weight is 337 g/mol. The number of H-pyrrole nitrogens is 1. The van der Waals surface area contributed by atoms with E-state index in [1.165, 1.54) is 14.2 Å². The molecule has 2 heterocycles. The number of rotatable bonds is 3. The minimum atomic E-state index is -0.704. The van der Waals surface area contributed by atoms with E-state index >= 15 is 0 Å². The average Bonchev–Trinajstić information content (AvgIpc) is 3.08. The molecule has 0 saturated heterocycles. The Labute approximate surface area is 137 Å². The Balaban J connectivity index is 1.95. The summed E-state index contributed by atoms with van der Waals surface area (Å²) >= 11 is 0. The van der Waals surface area contributed by atoms with Crippen LogP contribution < -0.4 is 0 Å². The lowest BCUT2D eigenvalue weighted by atomic mass is 9.70. The monoisotopic (exact) mass is 337 g/mol. The van der Waals surface area contributed by atoms with Gasteiger partial charge in [0.2, 0.25) is 6.04 Å². The lowest BCUT2D eigenvalue weighted by Crippen LogP contribution is -2.52. The van der Waals surface area contributed by atoms with Crippen molar-refractivity contribution in [1.82, 2.24) is 20.6 Å². The molecule has 24 heavy (non-hydrogen) atoms. The molecule has 1 aromatic rings. The summed E-state index contributed by atoms with van der Waals surface area (Å²) < 4.78 is 10.4. The van der Waals surface area contributed by atoms with Gasteiger partial charge in [-0.1, -0.05) is 12.1 Å². The Bertz CT molecular complexity index is 659. The van der Waals surface area contributed by atoms with Crippen molar-refractivity contribution in [2.45, 2.75) is 37.9 Å². The first-order valence-electron chi connectivity index (χ1n) is 7.65. The van der Waals surface area contributed by atoms with Gasteiger partial charge >= 0.3 is 0 Å². The van der Waals surface area contributed by atoms with E-state index in [1.807, 2.05) is 6.92 Å². The van der Waals surface area contributed by atoms with E-state index in [1.54, 1.807) is 0 Å². The molecule has 11 nitrogen and oxygen atoms in total. The summed E-state index contributed by atoms with van der Waals surface area (Å²) in [6, 6.07) is -1.28. The van der Waals surface area contributed by atoms with Crippen molar-refractivity contribution in [3.05, 3.63) is 15.9 Å². The van der Waals surface area contributed by atoms with Crippen LogP contribution in [0.5, 0.6) is 0 Å². The number of aromatic amines is 1. The van der Waals surface area contributed by atoms with Crippen LogP contribution in [0.1, 0.15) is 19.2 Å². The minimum Gasteiger partial charge on any atom is -0.477 e. The summed E-state index contributed by atoms with van der Waals surface area (Å²) in [6.07, 6.45) is 0.746. The molecule has 0 spiro atoms. The van der Waals surface area contributed by atoms with Crippen LogP contribution in [0.15, 0.2) is 9.98 Å². The number of nitrogens with zero attached hydrogens (tertiary/aromatic N) is 6. The molecule has 0 radical (unpaired) electrons. The number of nitro groups is 1. The van der Waals surface area contributed by atoms with Gasteiger partial charge < -0.3 is 9.47 Å². The summed E-state index contributed by atoms with van der Waals surface area (Å²) in [5.41, 5.74) is 0. The van der Waals surface area contributed by atoms with E-state index in [0.29, 0.717) is 24.6 Å². The summed E-state index contributed by atoms with van der Waals surface area (Å²) in [4.78, 5) is 20.3. The molecule has 5 atom stereocenters. The number of hydrogen-bond donors (Lipinski definition) is 1. The standard InChI is InChI=1S/C13H19N7O4/c1-6-7(4-10-16-18-19-17-10)11-8(5-9(6)20(21)22)14-12(23-2)13(15-11)24-3/h6-9,11H,4-5H2,1-3H3,(H,16,17,18,19). The zero-order valence-electron chi connectivity index (χ0n) is 13.6. The number of aliphatic imine (C=N–C) groups is 2. The summed E-state index contributed by atoms with van der Waals surface area (Å²) in [7, 11) is 2.97. The topological polar surface area (TPSA) is 141 Å². The van der Waals surface area contributed by atoms with Crippen LogP contribution in [0.4, 0.5) is 0 Å². The van der Waals surface area contributed by atoms with E-state index in [9.17, 15) is 10.1 Å². The van der Waals surface area contributed by atoms with Crippen LogP contribution >= 0.6 is 0 Å². The molecular weight excluding hydrogens is 318 g/mol. The van der Waals surface area contributed by atoms with Crippen LogP contribution in [0.3, 0.4) is 0 Å². The van der Waals surface area contributed by atoms with Gasteiger partial charge in [-0.2, -0.15) is 5.21 Å². The number of methoxy groups -OCH3 is 2. The lowest BCUT2D eigenvalue weighted by Gasteiger charge is -2.40. The normalized spacial score (nSPS) is 32.4. The SMILES string of the molecule is COC1=NC2CC([N+](=O)[O-])C(C)C(Cc3nn[nH]n3)C2N=C1OC. The number of tetrazole rings is 1. The van der Waals surface area contributed by atoms with E-state index in [2.05, 4.69) is 30.6 Å². The second-order valence-corrected chi connectivity index (χ2v) is 5.98. The molecule has 1 aliphatic heterocycles. The minimum absolute atomic E-state index is 0.149. The van der Waals surface area contributed by atoms with Crippen molar-refractivity contribution in [2.75, 3.05) is 14.2 Å². The lowest BCUT2D eigenvalue weighted by molar-refractivity contribution is -0.537. The van der Waals surface area contributed by atoms with E-state index in [0.717, 1.165) is 0 Å². The third kappa shape index (κ3) is 2.81. The van der Waals surface area contributed by atoms with Crippen molar-refractivity contribution in [2.24, 2.45) is 21.8 Å². The van der Waals surface area contributed by atoms with Crippen LogP contribution in [-0.4, -0.2) is 69.7 Å². The molecule has 1 N–H and O–H groups in total. The second-order valence-electron chi connectivity index (χ2n) is 5.98. The van der Waals surface area contributed by atoms with E-state index < -0.39 is 6.04 Å². The highest BCUT2D eigenvalue weighted by Crippen LogP contribution is 2.38. The fourth-order valence-electron chi connectivity index (χ4n) is 3.54. The Morgan fingerprint density at radius 1 is 1.29 bits per heavy atom. The fourth-order valence-corrected chi connectivity index (χ4v) is 3.54. The molecule has 0 amide bonds. The third-order valence-electron chi connectivity index (χ3n) is 4.80. The zero-order valence-corrected chi connectivity index (χ0v) is 13.6. The van der Waals surface area contributed by atoms with Gasteiger partial charge in [0.1, 0.15) is 0 Å². The first-order chi connectivity index (χ1) is 11.5.